The lowest BCUT2D eigenvalue weighted by Crippen LogP contribution is -2.44. The first-order valence-electron chi connectivity index (χ1n) is 12.5. The van der Waals surface area contributed by atoms with Gasteiger partial charge in [0.15, 0.2) is 0 Å². The molecule has 0 amide bonds. The van der Waals surface area contributed by atoms with Crippen LogP contribution in [0.3, 0.4) is 0 Å². The molecular weight excluding hydrogens is 460 g/mol. The molecule has 0 aliphatic carbocycles. The van der Waals surface area contributed by atoms with E-state index in [2.05, 4.69) is 63.5 Å². The molecule has 35 heavy (non-hydrogen) atoms. The number of rotatable bonds is 7. The molecule has 0 radical (unpaired) electrons. The average Bonchev–Trinajstić information content (AvgIpc) is 2.90. The van der Waals surface area contributed by atoms with Gasteiger partial charge in [0.05, 0.1) is 13.2 Å². The molecule has 1 aromatic heterocycles. The lowest BCUT2D eigenvalue weighted by Gasteiger charge is -2.38. The van der Waals surface area contributed by atoms with Gasteiger partial charge in [-0.2, -0.15) is 0 Å². The van der Waals surface area contributed by atoms with Gasteiger partial charge in [-0.05, 0) is 97.8 Å². The molecule has 2 aliphatic rings. The van der Waals surface area contributed by atoms with Crippen LogP contribution in [0.5, 0.6) is 11.5 Å². The zero-order chi connectivity index (χ0) is 24.2. The summed E-state index contributed by atoms with van der Waals surface area (Å²) in [6, 6.07) is 17.4. The first-order valence-corrected chi connectivity index (χ1v) is 12.9. The molecule has 184 valence electrons. The van der Waals surface area contributed by atoms with Gasteiger partial charge < -0.3 is 19.7 Å². The topological polar surface area (TPSA) is 59.5 Å². The van der Waals surface area contributed by atoms with Crippen LogP contribution in [-0.2, 0) is 12.8 Å². The number of benzene rings is 2. The van der Waals surface area contributed by atoms with Crippen LogP contribution in [0.4, 0.5) is 5.82 Å². The lowest BCUT2D eigenvalue weighted by atomic mass is 9.88. The molecule has 6 nitrogen and oxygen atoms in total. The van der Waals surface area contributed by atoms with E-state index in [-0.39, 0.29) is 17.4 Å². The third-order valence-electron chi connectivity index (χ3n) is 7.20. The minimum Gasteiger partial charge on any atom is -0.497 e. The highest BCUT2D eigenvalue weighted by molar-refractivity contribution is 6.28. The van der Waals surface area contributed by atoms with Crippen LogP contribution in [-0.4, -0.2) is 42.3 Å². The van der Waals surface area contributed by atoms with Gasteiger partial charge in [-0.3, -0.25) is 0 Å². The maximum atomic E-state index is 6.27. The van der Waals surface area contributed by atoms with Crippen molar-refractivity contribution in [3.63, 3.8) is 0 Å². The Balaban J connectivity index is 1.36. The number of fused-ring (bicyclic) bond motifs is 1. The van der Waals surface area contributed by atoms with E-state index in [1.165, 1.54) is 36.0 Å². The van der Waals surface area contributed by atoms with Crippen LogP contribution < -0.4 is 19.7 Å². The Morgan fingerprint density at radius 1 is 1.11 bits per heavy atom. The van der Waals surface area contributed by atoms with Gasteiger partial charge in [0.2, 0.25) is 5.28 Å². The minimum absolute atomic E-state index is 0.132. The summed E-state index contributed by atoms with van der Waals surface area (Å²) in [4.78, 5) is 10.9. The van der Waals surface area contributed by atoms with Crippen LogP contribution in [0, 0.1) is 0 Å². The minimum atomic E-state index is 0.132. The van der Waals surface area contributed by atoms with Gasteiger partial charge in [-0.15, -0.1) is 0 Å². The molecule has 3 heterocycles. The largest absolute Gasteiger partial charge is 0.497 e. The summed E-state index contributed by atoms with van der Waals surface area (Å²) in [5.74, 6) is 2.66. The summed E-state index contributed by atoms with van der Waals surface area (Å²) in [6.07, 6.45) is 7.35. The Bertz CT molecular complexity index is 1130. The molecule has 0 bridgehead atoms. The van der Waals surface area contributed by atoms with Gasteiger partial charge in [0.25, 0.3) is 0 Å². The fraction of sp³-hybridized carbons (Fsp3) is 0.429. The normalized spacial score (nSPS) is 20.7. The average molecular weight is 493 g/mol. The second kappa shape index (κ2) is 10.8. The monoisotopic (exact) mass is 492 g/mol. The number of anilines is 1. The number of nitrogens with one attached hydrogen (secondary N) is 1. The second-order valence-electron chi connectivity index (χ2n) is 9.44. The summed E-state index contributed by atoms with van der Waals surface area (Å²) in [5, 5.41) is 3.86. The molecule has 0 saturated carbocycles. The maximum absolute atomic E-state index is 6.27. The Kier molecular flexibility index (Phi) is 7.40. The van der Waals surface area contributed by atoms with E-state index in [1.54, 1.807) is 13.3 Å². The predicted octanol–water partition coefficient (Wildman–Crippen LogP) is 5.39. The number of ether oxygens (including phenoxy) is 2. The van der Waals surface area contributed by atoms with Gasteiger partial charge >= 0.3 is 0 Å². The number of nitrogens with zero attached hydrogens (tertiary/aromatic N) is 3. The Labute approximate surface area is 212 Å². The van der Waals surface area contributed by atoms with E-state index in [9.17, 15) is 0 Å². The molecule has 7 heteroatoms. The summed E-state index contributed by atoms with van der Waals surface area (Å²) in [5.41, 5.74) is 3.86. The fourth-order valence-corrected chi connectivity index (χ4v) is 5.44. The molecule has 1 saturated heterocycles. The summed E-state index contributed by atoms with van der Waals surface area (Å²) in [6.45, 7) is 4.10. The smallest absolute Gasteiger partial charge is 0.224 e. The van der Waals surface area contributed by atoms with E-state index in [1.807, 2.05) is 12.1 Å². The van der Waals surface area contributed by atoms with Crippen LogP contribution in [0.1, 0.15) is 48.9 Å². The highest BCUT2D eigenvalue weighted by Gasteiger charge is 2.29. The molecule has 0 spiro atoms. The number of hydrogen-bond acceptors (Lipinski definition) is 6. The van der Waals surface area contributed by atoms with Gasteiger partial charge in [-0.1, -0.05) is 24.6 Å². The molecule has 3 atom stereocenters. The van der Waals surface area contributed by atoms with Crippen molar-refractivity contribution in [2.45, 2.75) is 57.2 Å². The molecular formula is C28H33ClN4O2. The highest BCUT2D eigenvalue weighted by Crippen LogP contribution is 2.37. The predicted molar refractivity (Wildman–Crippen MR) is 140 cm³/mol. The molecule has 3 aromatic rings. The van der Waals surface area contributed by atoms with E-state index >= 15 is 0 Å². The second-order valence-corrected chi connectivity index (χ2v) is 9.77. The van der Waals surface area contributed by atoms with E-state index < -0.39 is 0 Å². The van der Waals surface area contributed by atoms with E-state index in [0.29, 0.717) is 6.04 Å². The van der Waals surface area contributed by atoms with Crippen molar-refractivity contribution < 1.29 is 9.47 Å². The van der Waals surface area contributed by atoms with Crippen molar-refractivity contribution in [3.8, 4) is 11.5 Å². The SMILES string of the molecule is COc1ccc2c(c1)CCN(c1ccnc(Cl)n1)C2Cc1ccc(OC(C)C2CCCCN2)cc1. The molecule has 2 aromatic carbocycles. The quantitative estimate of drug-likeness (QED) is 0.446. The summed E-state index contributed by atoms with van der Waals surface area (Å²) < 4.78 is 11.7. The van der Waals surface area contributed by atoms with Crippen molar-refractivity contribution in [3.05, 3.63) is 76.7 Å². The number of methoxy groups -OCH3 is 1. The summed E-state index contributed by atoms with van der Waals surface area (Å²) in [7, 11) is 1.71. The fourth-order valence-electron chi connectivity index (χ4n) is 5.30. The van der Waals surface area contributed by atoms with Crippen LogP contribution >= 0.6 is 11.6 Å². The van der Waals surface area contributed by atoms with Crippen molar-refractivity contribution >= 4 is 17.4 Å². The van der Waals surface area contributed by atoms with E-state index in [4.69, 9.17) is 21.1 Å². The number of piperidine rings is 1. The van der Waals surface area contributed by atoms with Crippen LogP contribution in [0.25, 0.3) is 0 Å². The van der Waals surface area contributed by atoms with Crippen molar-refractivity contribution in [2.75, 3.05) is 25.1 Å². The molecule has 2 aliphatic heterocycles. The highest BCUT2D eigenvalue weighted by atomic mass is 35.5. The van der Waals surface area contributed by atoms with Crippen LogP contribution in [0.15, 0.2) is 54.7 Å². The third kappa shape index (κ3) is 5.54. The first kappa shape index (κ1) is 23.9. The van der Waals surface area contributed by atoms with Crippen molar-refractivity contribution in [1.29, 1.82) is 0 Å². The van der Waals surface area contributed by atoms with Crippen molar-refractivity contribution in [1.82, 2.24) is 15.3 Å². The molecule has 1 N–H and O–H groups in total. The van der Waals surface area contributed by atoms with Crippen molar-refractivity contribution in [2.24, 2.45) is 0 Å². The van der Waals surface area contributed by atoms with Gasteiger partial charge in [0, 0.05) is 18.8 Å². The molecule has 5 rings (SSSR count). The Hall–Kier alpha value is -2.83. The Morgan fingerprint density at radius 3 is 2.69 bits per heavy atom. The Morgan fingerprint density at radius 2 is 1.94 bits per heavy atom. The summed E-state index contributed by atoms with van der Waals surface area (Å²) >= 11 is 6.14. The number of aromatic nitrogens is 2. The molecule has 3 unspecified atom stereocenters. The lowest BCUT2D eigenvalue weighted by molar-refractivity contribution is 0.152. The standard InChI is InChI=1S/C28H33ClN4O2/c1-19(25-5-3-4-14-30-25)35-22-8-6-20(7-9-22)17-26-24-11-10-23(34-2)18-21(24)13-16-33(26)27-12-15-31-28(29)32-27/h6-12,15,18-19,25-26,30H,3-5,13-14,16-17H2,1-2H3. The number of halogens is 1. The number of hydrogen-bond donors (Lipinski definition) is 1. The molecule has 1 fully saturated rings. The third-order valence-corrected chi connectivity index (χ3v) is 7.38. The van der Waals surface area contributed by atoms with Crippen LogP contribution in [0.2, 0.25) is 5.28 Å². The van der Waals surface area contributed by atoms with Gasteiger partial charge in [0.1, 0.15) is 23.4 Å². The first-order chi connectivity index (χ1) is 17.1. The zero-order valence-electron chi connectivity index (χ0n) is 20.4. The van der Waals surface area contributed by atoms with E-state index in [0.717, 1.165) is 43.2 Å². The zero-order valence-corrected chi connectivity index (χ0v) is 21.2. The maximum Gasteiger partial charge on any atom is 0.224 e. The van der Waals surface area contributed by atoms with Gasteiger partial charge in [-0.25, -0.2) is 9.97 Å².